The van der Waals surface area contributed by atoms with Crippen LogP contribution in [0.2, 0.25) is 0 Å². The second kappa shape index (κ2) is 37.6. The highest BCUT2D eigenvalue weighted by molar-refractivity contribution is 7.22. The van der Waals surface area contributed by atoms with Gasteiger partial charge in [0.05, 0.1) is 0 Å². The molecule has 0 saturated carbocycles. The van der Waals surface area contributed by atoms with Gasteiger partial charge in [-0.05, 0) is 0 Å². The summed E-state index contributed by atoms with van der Waals surface area (Å²) in [7, 11) is 0.0278. The molecule has 0 aromatic carbocycles. The fraction of sp³-hybridized carbons (Fsp3) is 1.00. The molecule has 9 heavy (non-hydrogen) atoms. The average molecular weight is 189 g/mol. The molecule has 0 amide bonds. The molecule has 0 aliphatic rings. The van der Waals surface area contributed by atoms with Crippen molar-refractivity contribution in [3.05, 3.63) is 0 Å². The van der Waals surface area contributed by atoms with Gasteiger partial charge >= 0.3 is 30.3 Å². The van der Waals surface area contributed by atoms with Gasteiger partial charge in [0.2, 0.25) is 0 Å². The number of hydrogen-bond donors (Lipinski definition) is 0. The Balaban J connectivity index is -0.0000000600. The van der Waals surface area contributed by atoms with Crippen LogP contribution in [0.15, 0.2) is 0 Å². The van der Waals surface area contributed by atoms with Crippen LogP contribution in [0.1, 0.15) is 13.8 Å². The molecule has 0 heterocycles. The van der Waals surface area contributed by atoms with Gasteiger partial charge in [0.1, 0.15) is 0 Å². The molecule has 0 aliphatic carbocycles. The van der Waals surface area contributed by atoms with Crippen LogP contribution in [0.25, 0.3) is 0 Å². The molecule has 0 saturated heterocycles. The van der Waals surface area contributed by atoms with Crippen molar-refractivity contribution in [3.63, 3.8) is 0 Å². The zero-order valence-electron chi connectivity index (χ0n) is 5.49. The lowest BCUT2D eigenvalue weighted by Crippen LogP contribution is -1.97. The van der Waals surface area contributed by atoms with Gasteiger partial charge in [-0.2, -0.15) is 0 Å². The molecule has 0 aliphatic heterocycles. The number of halogens is 2. The molecule has 56 valence electrons. The average Bonchev–Trinajstić information content (AvgIpc) is 1.70. The summed E-state index contributed by atoms with van der Waals surface area (Å²) in [6.07, 6.45) is 0. The van der Waals surface area contributed by atoms with E-state index in [0.29, 0.717) is 0 Å². The van der Waals surface area contributed by atoms with E-state index in [-0.39, 0.29) is 21.4 Å². The third-order valence-corrected chi connectivity index (χ3v) is 0. The smallest absolute Gasteiger partial charge is 0.855 e. The van der Waals surface area contributed by atoms with Crippen molar-refractivity contribution < 1.29 is 10.2 Å². The van der Waals surface area contributed by atoms with E-state index < -0.39 is 0 Å². The molecule has 0 spiro atoms. The van der Waals surface area contributed by atoms with Crippen LogP contribution in [0.5, 0.6) is 0 Å². The van der Waals surface area contributed by atoms with E-state index in [1.807, 2.05) is 0 Å². The molecule has 0 bridgehead atoms. The van der Waals surface area contributed by atoms with E-state index in [2.05, 4.69) is 0 Å². The SMILES string of the molecule is CC[O-].CC[O-].Cl[Si+2]Cl. The summed E-state index contributed by atoms with van der Waals surface area (Å²) in [6.45, 7) is 3.14. The predicted octanol–water partition coefficient (Wildman–Crippen LogP) is -0.269. The topological polar surface area (TPSA) is 46.1 Å². The van der Waals surface area contributed by atoms with E-state index in [4.69, 9.17) is 32.4 Å². The minimum absolute atomic E-state index is 0. The van der Waals surface area contributed by atoms with Gasteiger partial charge in [0.25, 0.3) is 0 Å². The molecule has 0 aromatic rings. The standard InChI is InChI=1S/2C2H5O.Cl2Si/c2*1-2-3;1-3-2/h2*2H2,1H3;/q2*-1;+2. The zero-order valence-corrected chi connectivity index (χ0v) is 8.00. The van der Waals surface area contributed by atoms with Crippen LogP contribution in [-0.4, -0.2) is 21.4 Å². The maximum Gasteiger partial charge on any atom is 1.24 e. The van der Waals surface area contributed by atoms with Crippen LogP contribution in [0, 0.1) is 0 Å². The fourth-order valence-electron chi connectivity index (χ4n) is 0. The Hall–Kier alpha value is 0.717. The molecule has 0 radical (unpaired) electrons. The Morgan fingerprint density at radius 3 is 1.11 bits per heavy atom. The molecular formula is C4H10Cl2O2Si. The first-order valence-electron chi connectivity index (χ1n) is 2.37. The van der Waals surface area contributed by atoms with Crippen molar-refractivity contribution in [2.45, 2.75) is 13.8 Å². The summed E-state index contributed by atoms with van der Waals surface area (Å²) < 4.78 is 0. The Morgan fingerprint density at radius 1 is 1.11 bits per heavy atom. The van der Waals surface area contributed by atoms with E-state index in [1.54, 1.807) is 13.8 Å². The first-order chi connectivity index (χ1) is 4.24. The molecule has 0 N–H and O–H groups in total. The zero-order chi connectivity index (χ0) is 8.12. The molecule has 0 unspecified atom stereocenters. The summed E-state index contributed by atoms with van der Waals surface area (Å²) >= 11 is 9.58. The third-order valence-electron chi connectivity index (χ3n) is 0. The number of rotatable bonds is 0. The molecule has 0 aromatic heterocycles. The minimum Gasteiger partial charge on any atom is -0.855 e. The summed E-state index contributed by atoms with van der Waals surface area (Å²) in [5.74, 6) is 0. The van der Waals surface area contributed by atoms with Crippen LogP contribution in [0.3, 0.4) is 0 Å². The summed E-state index contributed by atoms with van der Waals surface area (Å²) in [5, 5.41) is 17.9. The Kier molecular flexibility index (Phi) is 68.3. The maximum absolute atomic E-state index is 8.93. The monoisotopic (exact) mass is 188 g/mol. The lowest BCUT2D eigenvalue weighted by atomic mass is 10.9. The number of hydrogen-bond acceptors (Lipinski definition) is 2. The Bertz CT molecular complexity index is 21.3. The normalized spacial score (nSPS) is 5.11. The van der Waals surface area contributed by atoms with Gasteiger partial charge in [-0.15, -0.1) is 13.2 Å². The lowest BCUT2D eigenvalue weighted by Gasteiger charge is -1.79. The summed E-state index contributed by atoms with van der Waals surface area (Å²) in [6, 6.07) is 0. The van der Waals surface area contributed by atoms with E-state index in [1.165, 1.54) is 0 Å². The van der Waals surface area contributed by atoms with Gasteiger partial charge in [-0.3, -0.25) is 0 Å². The predicted molar refractivity (Wildman–Crippen MR) is 38.5 cm³/mol. The quantitative estimate of drug-likeness (QED) is 0.389. The Labute approximate surface area is 68.0 Å². The van der Waals surface area contributed by atoms with Gasteiger partial charge in [-0.1, -0.05) is 13.8 Å². The lowest BCUT2D eigenvalue weighted by molar-refractivity contribution is -0.362. The van der Waals surface area contributed by atoms with Crippen LogP contribution in [0.4, 0.5) is 0 Å². The van der Waals surface area contributed by atoms with E-state index in [9.17, 15) is 0 Å². The minimum atomic E-state index is 0. The fourth-order valence-corrected chi connectivity index (χ4v) is 0. The largest absolute Gasteiger partial charge is 1.24 e. The van der Waals surface area contributed by atoms with Crippen LogP contribution in [-0.2, 0) is 0 Å². The summed E-state index contributed by atoms with van der Waals surface area (Å²) in [4.78, 5) is 0. The first kappa shape index (κ1) is 16.4. The van der Waals surface area contributed by atoms with Crippen molar-refractivity contribution in [2.24, 2.45) is 0 Å². The van der Waals surface area contributed by atoms with Gasteiger partial charge in [0.15, 0.2) is 0 Å². The third kappa shape index (κ3) is 765. The van der Waals surface area contributed by atoms with Gasteiger partial charge < -0.3 is 10.2 Å². The highest BCUT2D eigenvalue weighted by atomic mass is 35.7. The van der Waals surface area contributed by atoms with E-state index in [0.717, 1.165) is 0 Å². The van der Waals surface area contributed by atoms with E-state index >= 15 is 0 Å². The highest BCUT2D eigenvalue weighted by Crippen LogP contribution is 1.67. The van der Waals surface area contributed by atoms with Crippen LogP contribution < -0.4 is 10.2 Å². The maximum atomic E-state index is 8.93. The second-order valence-corrected chi connectivity index (χ2v) is 2.51. The van der Waals surface area contributed by atoms with Crippen molar-refractivity contribution in [1.82, 2.24) is 0 Å². The van der Waals surface area contributed by atoms with Gasteiger partial charge in [-0.25, -0.2) is 0 Å². The van der Waals surface area contributed by atoms with Gasteiger partial charge in [0, 0.05) is 0 Å². The molecule has 0 fully saturated rings. The molecule has 2 nitrogen and oxygen atoms in total. The van der Waals surface area contributed by atoms with Crippen LogP contribution >= 0.6 is 22.2 Å². The van der Waals surface area contributed by atoms with Crippen molar-refractivity contribution in [2.75, 3.05) is 13.2 Å². The van der Waals surface area contributed by atoms with Crippen molar-refractivity contribution >= 4 is 30.3 Å². The molecule has 0 atom stereocenters. The summed E-state index contributed by atoms with van der Waals surface area (Å²) in [5.41, 5.74) is 0. The highest BCUT2D eigenvalue weighted by Gasteiger charge is 2.29. The first-order valence-corrected chi connectivity index (χ1v) is 5.39. The Morgan fingerprint density at radius 2 is 1.11 bits per heavy atom. The van der Waals surface area contributed by atoms with Crippen molar-refractivity contribution in [3.8, 4) is 0 Å². The molecular weight excluding hydrogens is 179 g/mol. The second-order valence-electron chi connectivity index (χ2n) is 0.649. The molecule has 5 heteroatoms. The molecule has 0 rings (SSSR count). The van der Waals surface area contributed by atoms with Crippen molar-refractivity contribution in [1.29, 1.82) is 0 Å².